The molecule has 3 rings (SSSR count). The lowest BCUT2D eigenvalue weighted by Gasteiger charge is -2.16. The number of likely N-dealkylation sites (tertiary alicyclic amines) is 1. The summed E-state index contributed by atoms with van der Waals surface area (Å²) in [5, 5.41) is 0.159. The van der Waals surface area contributed by atoms with Crippen LogP contribution in [0, 0.1) is 5.82 Å². The van der Waals surface area contributed by atoms with Gasteiger partial charge in [-0.1, -0.05) is 48.0 Å². The molecule has 1 aliphatic rings. The Kier molecular flexibility index (Phi) is 4.24. The number of halogens is 2. The number of hydrogen-bond donors (Lipinski definition) is 1. The van der Waals surface area contributed by atoms with Crippen LogP contribution >= 0.6 is 11.6 Å². The third kappa shape index (κ3) is 3.26. The second kappa shape index (κ2) is 6.14. The van der Waals surface area contributed by atoms with Gasteiger partial charge in [0.1, 0.15) is 5.82 Å². The Balaban J connectivity index is 1.72. The lowest BCUT2D eigenvalue weighted by Crippen LogP contribution is -2.28. The molecule has 0 bridgehead atoms. The molecule has 0 spiro atoms. The molecule has 2 nitrogen and oxygen atoms in total. The standard InChI is InChI=1S/C17H18ClFN2/c18-15-7-6-13(8-16(15)19)14-10-21(11-17(14)20)9-12-4-2-1-3-5-12/h1-8,14,17H,9-11,20H2/t14-,17+/m0/s1. The molecule has 0 saturated carbocycles. The molecule has 4 heteroatoms. The molecule has 0 aliphatic carbocycles. The van der Waals surface area contributed by atoms with Crippen LogP contribution in [-0.2, 0) is 6.54 Å². The Morgan fingerprint density at radius 3 is 2.62 bits per heavy atom. The van der Waals surface area contributed by atoms with E-state index >= 15 is 0 Å². The third-order valence-electron chi connectivity index (χ3n) is 4.06. The first kappa shape index (κ1) is 14.5. The summed E-state index contributed by atoms with van der Waals surface area (Å²) in [7, 11) is 0. The summed E-state index contributed by atoms with van der Waals surface area (Å²) in [4.78, 5) is 2.32. The molecule has 2 aromatic rings. The van der Waals surface area contributed by atoms with Crippen LogP contribution in [-0.4, -0.2) is 24.0 Å². The zero-order valence-electron chi connectivity index (χ0n) is 11.7. The highest BCUT2D eigenvalue weighted by atomic mass is 35.5. The van der Waals surface area contributed by atoms with Crippen molar-refractivity contribution in [2.45, 2.75) is 18.5 Å². The van der Waals surface area contributed by atoms with Gasteiger partial charge in [0.2, 0.25) is 0 Å². The zero-order chi connectivity index (χ0) is 14.8. The van der Waals surface area contributed by atoms with E-state index in [4.69, 9.17) is 17.3 Å². The van der Waals surface area contributed by atoms with Crippen molar-refractivity contribution in [3.63, 3.8) is 0 Å². The van der Waals surface area contributed by atoms with Gasteiger partial charge in [0.25, 0.3) is 0 Å². The molecule has 0 amide bonds. The number of nitrogens with two attached hydrogens (primary N) is 1. The lowest BCUT2D eigenvalue weighted by molar-refractivity contribution is 0.324. The van der Waals surface area contributed by atoms with E-state index in [1.807, 2.05) is 24.3 Å². The first-order valence-corrected chi connectivity index (χ1v) is 7.48. The van der Waals surface area contributed by atoms with Crippen LogP contribution < -0.4 is 5.73 Å². The van der Waals surface area contributed by atoms with E-state index in [0.717, 1.165) is 25.2 Å². The molecule has 1 fully saturated rings. The normalized spacial score (nSPS) is 22.6. The van der Waals surface area contributed by atoms with Crippen molar-refractivity contribution in [2.75, 3.05) is 13.1 Å². The summed E-state index contributed by atoms with van der Waals surface area (Å²) in [5.74, 6) is -0.219. The van der Waals surface area contributed by atoms with E-state index < -0.39 is 0 Å². The highest BCUT2D eigenvalue weighted by molar-refractivity contribution is 6.30. The van der Waals surface area contributed by atoms with Crippen molar-refractivity contribution in [3.05, 3.63) is 70.5 Å². The topological polar surface area (TPSA) is 29.3 Å². The molecule has 0 radical (unpaired) electrons. The van der Waals surface area contributed by atoms with Gasteiger partial charge in [-0.15, -0.1) is 0 Å². The molecular formula is C17H18ClFN2. The fourth-order valence-electron chi connectivity index (χ4n) is 2.98. The molecule has 110 valence electrons. The molecule has 0 unspecified atom stereocenters. The largest absolute Gasteiger partial charge is 0.326 e. The maximum Gasteiger partial charge on any atom is 0.142 e. The SMILES string of the molecule is N[C@@H]1CN(Cc2ccccc2)C[C@H]1c1ccc(Cl)c(F)c1. The molecule has 21 heavy (non-hydrogen) atoms. The van der Waals surface area contributed by atoms with Crippen molar-refractivity contribution in [2.24, 2.45) is 5.73 Å². The Labute approximate surface area is 129 Å². The number of rotatable bonds is 3. The first-order valence-electron chi connectivity index (χ1n) is 7.10. The van der Waals surface area contributed by atoms with E-state index in [1.165, 1.54) is 11.6 Å². The minimum Gasteiger partial charge on any atom is -0.326 e. The average molecular weight is 305 g/mol. The van der Waals surface area contributed by atoms with E-state index in [9.17, 15) is 4.39 Å². The van der Waals surface area contributed by atoms with Crippen molar-refractivity contribution in [1.82, 2.24) is 4.90 Å². The van der Waals surface area contributed by atoms with Crippen molar-refractivity contribution in [3.8, 4) is 0 Å². The summed E-state index contributed by atoms with van der Waals surface area (Å²) in [5.41, 5.74) is 8.45. The molecule has 1 aliphatic heterocycles. The summed E-state index contributed by atoms with van der Waals surface area (Å²) in [6.45, 7) is 2.54. The zero-order valence-corrected chi connectivity index (χ0v) is 12.4. The number of nitrogens with zero attached hydrogens (tertiary/aromatic N) is 1. The van der Waals surface area contributed by atoms with Gasteiger partial charge in [0, 0.05) is 31.6 Å². The van der Waals surface area contributed by atoms with Gasteiger partial charge in [0.05, 0.1) is 5.02 Å². The predicted molar refractivity (Wildman–Crippen MR) is 83.8 cm³/mol. The second-order valence-corrected chi connectivity index (χ2v) is 6.03. The summed E-state index contributed by atoms with van der Waals surface area (Å²) < 4.78 is 13.6. The van der Waals surface area contributed by atoms with Crippen molar-refractivity contribution < 1.29 is 4.39 Å². The molecule has 2 atom stereocenters. The Morgan fingerprint density at radius 1 is 1.14 bits per heavy atom. The minimum absolute atomic E-state index is 0.0225. The van der Waals surface area contributed by atoms with E-state index in [0.29, 0.717) is 0 Å². The Hall–Kier alpha value is -1.42. The summed E-state index contributed by atoms with van der Waals surface area (Å²) >= 11 is 5.74. The van der Waals surface area contributed by atoms with Crippen LogP contribution in [0.3, 0.4) is 0 Å². The van der Waals surface area contributed by atoms with Gasteiger partial charge in [0.15, 0.2) is 0 Å². The third-order valence-corrected chi connectivity index (χ3v) is 4.37. The first-order chi connectivity index (χ1) is 10.1. The van der Waals surface area contributed by atoms with Crippen LogP contribution in [0.2, 0.25) is 5.02 Å². The monoisotopic (exact) mass is 304 g/mol. The van der Waals surface area contributed by atoms with Gasteiger partial charge in [-0.05, 0) is 23.3 Å². The molecule has 1 heterocycles. The maximum atomic E-state index is 13.6. The quantitative estimate of drug-likeness (QED) is 0.941. The van der Waals surface area contributed by atoms with Crippen molar-refractivity contribution in [1.29, 1.82) is 0 Å². The average Bonchev–Trinajstić information content (AvgIpc) is 2.84. The molecule has 2 N–H and O–H groups in total. The van der Waals surface area contributed by atoms with Gasteiger partial charge < -0.3 is 5.73 Å². The second-order valence-electron chi connectivity index (χ2n) is 5.62. The number of hydrogen-bond acceptors (Lipinski definition) is 2. The Bertz CT molecular complexity index is 617. The van der Waals surface area contributed by atoms with E-state index in [1.54, 1.807) is 6.07 Å². The van der Waals surface area contributed by atoms with E-state index in [-0.39, 0.29) is 22.8 Å². The van der Waals surface area contributed by atoms with E-state index in [2.05, 4.69) is 17.0 Å². The molecule has 2 aromatic carbocycles. The van der Waals surface area contributed by atoms with Gasteiger partial charge in [-0.25, -0.2) is 4.39 Å². The fourth-order valence-corrected chi connectivity index (χ4v) is 3.10. The highest BCUT2D eigenvalue weighted by Gasteiger charge is 2.31. The summed E-state index contributed by atoms with van der Waals surface area (Å²) in [6.07, 6.45) is 0. The van der Waals surface area contributed by atoms with Crippen LogP contribution in [0.15, 0.2) is 48.5 Å². The minimum atomic E-state index is -0.372. The van der Waals surface area contributed by atoms with Crippen LogP contribution in [0.25, 0.3) is 0 Å². The van der Waals surface area contributed by atoms with Crippen molar-refractivity contribution >= 4 is 11.6 Å². The van der Waals surface area contributed by atoms with Crippen LogP contribution in [0.4, 0.5) is 4.39 Å². The van der Waals surface area contributed by atoms with Gasteiger partial charge >= 0.3 is 0 Å². The fraction of sp³-hybridized carbons (Fsp3) is 0.294. The highest BCUT2D eigenvalue weighted by Crippen LogP contribution is 2.29. The molecule has 0 aromatic heterocycles. The van der Waals surface area contributed by atoms with Gasteiger partial charge in [-0.3, -0.25) is 4.90 Å². The lowest BCUT2D eigenvalue weighted by atomic mass is 9.95. The summed E-state index contributed by atoms with van der Waals surface area (Å²) in [6, 6.07) is 15.3. The molecular weight excluding hydrogens is 287 g/mol. The van der Waals surface area contributed by atoms with Crippen LogP contribution in [0.5, 0.6) is 0 Å². The Morgan fingerprint density at radius 2 is 1.90 bits per heavy atom. The number of benzene rings is 2. The van der Waals surface area contributed by atoms with Crippen LogP contribution in [0.1, 0.15) is 17.0 Å². The molecule has 1 saturated heterocycles. The predicted octanol–water partition coefficient (Wildman–Crippen LogP) is 3.41. The van der Waals surface area contributed by atoms with Gasteiger partial charge in [-0.2, -0.15) is 0 Å². The maximum absolute atomic E-state index is 13.6. The smallest absolute Gasteiger partial charge is 0.142 e.